The number of hydrogen-bond donors (Lipinski definition) is 1. The standard InChI is InChI=1S/C25H42N2O2S/c1-3-5-7-9-11-13-20-26-30(28,29)24-19-15-17-23-18-16-22-27(25(23)24)21-14-12-10-8-6-4-2/h15-17,19,22,26H,3-14,18,20-21H2,1-2H3. The minimum Gasteiger partial charge on any atom is -0.347 e. The highest BCUT2D eigenvalue weighted by Gasteiger charge is 2.24. The lowest BCUT2D eigenvalue weighted by atomic mass is 10.0. The number of fused-ring (bicyclic) bond motifs is 1. The molecule has 170 valence electrons. The lowest BCUT2D eigenvalue weighted by Gasteiger charge is -2.29. The van der Waals surface area contributed by atoms with E-state index in [1.54, 1.807) is 6.07 Å². The molecule has 0 saturated carbocycles. The summed E-state index contributed by atoms with van der Waals surface area (Å²) in [6.45, 7) is 5.84. The van der Waals surface area contributed by atoms with Gasteiger partial charge >= 0.3 is 0 Å². The average molecular weight is 435 g/mol. The Morgan fingerprint density at radius 1 is 0.867 bits per heavy atom. The summed E-state index contributed by atoms with van der Waals surface area (Å²) >= 11 is 0. The van der Waals surface area contributed by atoms with E-state index in [-0.39, 0.29) is 0 Å². The molecule has 1 aromatic carbocycles. The van der Waals surface area contributed by atoms with Crippen LogP contribution in [0, 0.1) is 0 Å². The van der Waals surface area contributed by atoms with Crippen LogP contribution in [0.15, 0.2) is 35.4 Å². The molecule has 1 N–H and O–H groups in total. The maximum absolute atomic E-state index is 13.1. The summed E-state index contributed by atoms with van der Waals surface area (Å²) in [4.78, 5) is 2.58. The number of anilines is 1. The molecule has 1 aliphatic heterocycles. The largest absolute Gasteiger partial charge is 0.347 e. The number of nitrogens with one attached hydrogen (secondary N) is 1. The third-order valence-electron chi connectivity index (χ3n) is 5.86. The Kier molecular flexibility index (Phi) is 11.5. The Labute approximate surface area is 185 Å². The molecular formula is C25H42N2O2S. The number of benzene rings is 1. The van der Waals surface area contributed by atoms with E-state index in [0.29, 0.717) is 11.4 Å². The van der Waals surface area contributed by atoms with E-state index in [1.165, 1.54) is 57.8 Å². The van der Waals surface area contributed by atoms with Crippen LogP contribution in [-0.2, 0) is 16.4 Å². The fraction of sp³-hybridized carbons (Fsp3) is 0.680. The molecule has 5 heteroatoms. The van der Waals surface area contributed by atoms with E-state index in [2.05, 4.69) is 41.8 Å². The molecule has 0 amide bonds. The first-order valence-corrected chi connectivity index (χ1v) is 13.6. The van der Waals surface area contributed by atoms with E-state index in [4.69, 9.17) is 0 Å². The van der Waals surface area contributed by atoms with Crippen LogP contribution < -0.4 is 9.62 Å². The molecule has 0 fully saturated rings. The van der Waals surface area contributed by atoms with Crippen LogP contribution in [0.4, 0.5) is 5.69 Å². The molecular weight excluding hydrogens is 392 g/mol. The van der Waals surface area contributed by atoms with Crippen LogP contribution in [0.25, 0.3) is 0 Å². The van der Waals surface area contributed by atoms with Gasteiger partial charge in [-0.25, -0.2) is 13.1 Å². The zero-order chi connectivity index (χ0) is 21.7. The van der Waals surface area contributed by atoms with Gasteiger partial charge < -0.3 is 4.90 Å². The molecule has 0 bridgehead atoms. The Morgan fingerprint density at radius 3 is 2.20 bits per heavy atom. The van der Waals surface area contributed by atoms with Gasteiger partial charge in [-0.2, -0.15) is 0 Å². The molecule has 2 rings (SSSR count). The number of para-hydroxylation sites is 1. The molecule has 1 aliphatic rings. The topological polar surface area (TPSA) is 49.4 Å². The Balaban J connectivity index is 1.95. The molecule has 0 aliphatic carbocycles. The minimum atomic E-state index is -3.50. The van der Waals surface area contributed by atoms with Crippen LogP contribution in [0.5, 0.6) is 0 Å². The number of rotatable bonds is 16. The lowest BCUT2D eigenvalue weighted by molar-refractivity contribution is 0.567. The summed E-state index contributed by atoms with van der Waals surface area (Å²) in [5, 5.41) is 0. The first-order chi connectivity index (χ1) is 14.6. The van der Waals surface area contributed by atoms with Gasteiger partial charge in [0.1, 0.15) is 4.90 Å². The lowest BCUT2D eigenvalue weighted by Crippen LogP contribution is -2.29. The summed E-state index contributed by atoms with van der Waals surface area (Å²) in [7, 11) is -3.50. The third kappa shape index (κ3) is 8.07. The van der Waals surface area contributed by atoms with Crippen LogP contribution in [-0.4, -0.2) is 21.5 Å². The second kappa shape index (κ2) is 13.9. The maximum Gasteiger partial charge on any atom is 0.242 e. The van der Waals surface area contributed by atoms with Gasteiger partial charge in [0, 0.05) is 19.3 Å². The molecule has 4 nitrogen and oxygen atoms in total. The molecule has 0 saturated heterocycles. The van der Waals surface area contributed by atoms with Crippen LogP contribution >= 0.6 is 0 Å². The predicted molar refractivity (Wildman–Crippen MR) is 129 cm³/mol. The summed E-state index contributed by atoms with van der Waals surface area (Å²) < 4.78 is 29.0. The van der Waals surface area contributed by atoms with Gasteiger partial charge in [0.15, 0.2) is 0 Å². The van der Waals surface area contributed by atoms with Gasteiger partial charge in [-0.1, -0.05) is 96.3 Å². The highest BCUT2D eigenvalue weighted by atomic mass is 32.2. The van der Waals surface area contributed by atoms with Crippen molar-refractivity contribution >= 4 is 15.7 Å². The first-order valence-electron chi connectivity index (χ1n) is 12.1. The second-order valence-corrected chi connectivity index (χ2v) is 10.2. The van der Waals surface area contributed by atoms with Crippen molar-refractivity contribution in [3.05, 3.63) is 36.0 Å². The normalized spacial score (nSPS) is 13.6. The van der Waals surface area contributed by atoms with Gasteiger partial charge in [-0.05, 0) is 30.9 Å². The van der Waals surface area contributed by atoms with Crippen molar-refractivity contribution in [2.45, 2.75) is 102 Å². The number of allylic oxidation sites excluding steroid dienone is 1. The predicted octanol–water partition coefficient (Wildman–Crippen LogP) is 6.56. The van der Waals surface area contributed by atoms with Crippen molar-refractivity contribution in [2.75, 3.05) is 18.0 Å². The van der Waals surface area contributed by atoms with E-state index in [1.807, 2.05) is 6.07 Å². The molecule has 0 unspecified atom stereocenters. The van der Waals surface area contributed by atoms with E-state index < -0.39 is 10.0 Å². The van der Waals surface area contributed by atoms with Crippen molar-refractivity contribution < 1.29 is 8.42 Å². The zero-order valence-electron chi connectivity index (χ0n) is 19.2. The van der Waals surface area contributed by atoms with Crippen LogP contribution in [0.2, 0.25) is 0 Å². The number of nitrogens with zero attached hydrogens (tertiary/aromatic N) is 1. The number of hydrogen-bond acceptors (Lipinski definition) is 3. The molecule has 1 aromatic rings. The smallest absolute Gasteiger partial charge is 0.242 e. The summed E-state index contributed by atoms with van der Waals surface area (Å²) in [5.41, 5.74) is 1.98. The van der Waals surface area contributed by atoms with Crippen molar-refractivity contribution in [2.24, 2.45) is 0 Å². The zero-order valence-corrected chi connectivity index (χ0v) is 20.0. The minimum absolute atomic E-state index is 0.432. The van der Waals surface area contributed by atoms with Crippen LogP contribution in [0.3, 0.4) is 0 Å². The molecule has 0 aromatic heterocycles. The summed E-state index contributed by atoms with van der Waals surface area (Å²) in [6, 6.07) is 5.69. The Hall–Kier alpha value is -1.33. The van der Waals surface area contributed by atoms with E-state index >= 15 is 0 Å². The molecule has 0 radical (unpaired) electrons. The third-order valence-corrected chi connectivity index (χ3v) is 7.35. The van der Waals surface area contributed by atoms with Crippen molar-refractivity contribution in [3.8, 4) is 0 Å². The quantitative estimate of drug-likeness (QED) is 0.300. The molecule has 0 atom stereocenters. The summed E-state index contributed by atoms with van der Waals surface area (Å²) in [5.74, 6) is 0. The van der Waals surface area contributed by atoms with E-state index in [0.717, 1.165) is 43.5 Å². The van der Waals surface area contributed by atoms with Gasteiger partial charge in [0.25, 0.3) is 0 Å². The van der Waals surface area contributed by atoms with Gasteiger partial charge in [0.05, 0.1) is 5.69 Å². The highest BCUT2D eigenvalue weighted by Crippen LogP contribution is 2.33. The molecule has 30 heavy (non-hydrogen) atoms. The summed E-state index contributed by atoms with van der Waals surface area (Å²) in [6.07, 6.45) is 19.3. The van der Waals surface area contributed by atoms with Gasteiger partial charge in [-0.3, -0.25) is 0 Å². The highest BCUT2D eigenvalue weighted by molar-refractivity contribution is 7.89. The van der Waals surface area contributed by atoms with Crippen molar-refractivity contribution in [1.29, 1.82) is 0 Å². The molecule has 0 spiro atoms. The maximum atomic E-state index is 13.1. The fourth-order valence-corrected chi connectivity index (χ4v) is 5.42. The second-order valence-electron chi connectivity index (χ2n) is 8.48. The van der Waals surface area contributed by atoms with Gasteiger partial charge in [-0.15, -0.1) is 0 Å². The Morgan fingerprint density at radius 2 is 1.50 bits per heavy atom. The number of unbranched alkanes of at least 4 members (excludes halogenated alkanes) is 10. The monoisotopic (exact) mass is 434 g/mol. The first kappa shape index (κ1) is 24.9. The number of sulfonamides is 1. The van der Waals surface area contributed by atoms with Crippen LogP contribution in [0.1, 0.15) is 96.5 Å². The Bertz CT molecular complexity index is 744. The SMILES string of the molecule is CCCCCCCCNS(=O)(=O)c1cccc2c1N(CCCCCCCC)C=CC2. The van der Waals surface area contributed by atoms with Crippen molar-refractivity contribution in [3.63, 3.8) is 0 Å². The van der Waals surface area contributed by atoms with Crippen molar-refractivity contribution in [1.82, 2.24) is 4.72 Å². The van der Waals surface area contributed by atoms with E-state index in [9.17, 15) is 8.42 Å². The molecule has 1 heterocycles. The average Bonchev–Trinajstić information content (AvgIpc) is 2.75. The van der Waals surface area contributed by atoms with Gasteiger partial charge in [0.2, 0.25) is 10.0 Å². The fourth-order valence-electron chi connectivity index (χ4n) is 4.10.